The van der Waals surface area contributed by atoms with Crippen molar-refractivity contribution in [2.75, 3.05) is 0 Å². The molecular formula is C45H33N5. The molecule has 2 aliphatic rings. The summed E-state index contributed by atoms with van der Waals surface area (Å²) in [6, 6.07) is 46.5. The first-order valence-electron chi connectivity index (χ1n) is 17.3. The van der Waals surface area contributed by atoms with E-state index < -0.39 is 0 Å². The summed E-state index contributed by atoms with van der Waals surface area (Å²) >= 11 is 0. The van der Waals surface area contributed by atoms with Gasteiger partial charge in [0.2, 0.25) is 0 Å². The number of fused-ring (bicyclic) bond motifs is 5. The standard InChI is InChI=1S/C45H33N5/c46-28-36-14-8-16-39-38-22-21-34(27-40(38)45(41(36)39)23-5-2-6-24-45)33-12-7-13-35(26-33)44-49-42(31-10-3-1-4-11-31)48-43(50-44)32-19-17-30(18-20-32)37-15-9-25-47-29-37/h1,3-4,7-22,25-27,29H,2,5-6,23-24H2. The lowest BCUT2D eigenvalue weighted by Gasteiger charge is -2.36. The molecule has 1 fully saturated rings. The highest BCUT2D eigenvalue weighted by molar-refractivity contribution is 5.86. The molecule has 5 heteroatoms. The lowest BCUT2D eigenvalue weighted by molar-refractivity contribution is 0.352. The van der Waals surface area contributed by atoms with Gasteiger partial charge in [0.05, 0.1) is 11.6 Å². The quantitative estimate of drug-likeness (QED) is 0.187. The zero-order valence-corrected chi connectivity index (χ0v) is 27.6. The van der Waals surface area contributed by atoms with Gasteiger partial charge < -0.3 is 0 Å². The molecule has 1 saturated carbocycles. The maximum Gasteiger partial charge on any atom is 0.164 e. The normalized spacial score (nSPS) is 14.1. The van der Waals surface area contributed by atoms with Crippen LogP contribution < -0.4 is 0 Å². The van der Waals surface area contributed by atoms with Gasteiger partial charge in [-0.05, 0) is 81.6 Å². The fourth-order valence-electron chi connectivity index (χ4n) is 8.08. The van der Waals surface area contributed by atoms with E-state index in [0.717, 1.165) is 57.3 Å². The van der Waals surface area contributed by atoms with E-state index in [1.54, 1.807) is 6.20 Å². The van der Waals surface area contributed by atoms with Crippen LogP contribution in [0.1, 0.15) is 48.8 Å². The average molecular weight is 644 g/mol. The molecule has 5 nitrogen and oxygen atoms in total. The summed E-state index contributed by atoms with van der Waals surface area (Å²) in [7, 11) is 0. The Morgan fingerprint density at radius 2 is 1.12 bits per heavy atom. The number of hydrogen-bond donors (Lipinski definition) is 0. The molecule has 0 saturated heterocycles. The van der Waals surface area contributed by atoms with Crippen molar-refractivity contribution < 1.29 is 0 Å². The second-order valence-corrected chi connectivity index (χ2v) is 13.3. The van der Waals surface area contributed by atoms with Crippen LogP contribution in [0.15, 0.2) is 140 Å². The largest absolute Gasteiger partial charge is 0.264 e. The summed E-state index contributed by atoms with van der Waals surface area (Å²) in [6.45, 7) is 0. The molecule has 0 atom stereocenters. The van der Waals surface area contributed by atoms with Crippen LogP contribution in [0.3, 0.4) is 0 Å². The molecule has 0 bridgehead atoms. The van der Waals surface area contributed by atoms with E-state index in [0.29, 0.717) is 17.5 Å². The van der Waals surface area contributed by atoms with E-state index in [9.17, 15) is 5.26 Å². The Morgan fingerprint density at radius 3 is 1.86 bits per heavy atom. The Kier molecular flexibility index (Phi) is 7.36. The van der Waals surface area contributed by atoms with Crippen LogP contribution in [0.25, 0.3) is 67.5 Å². The number of nitrogens with zero attached hydrogens (tertiary/aromatic N) is 5. The smallest absolute Gasteiger partial charge is 0.164 e. The summed E-state index contributed by atoms with van der Waals surface area (Å²) in [5, 5.41) is 10.1. The maximum absolute atomic E-state index is 10.1. The molecule has 1 spiro atoms. The average Bonchev–Trinajstić information content (AvgIpc) is 3.46. The zero-order chi connectivity index (χ0) is 33.5. The number of nitriles is 1. The molecule has 2 aromatic heterocycles. The van der Waals surface area contributed by atoms with Crippen molar-refractivity contribution in [3.05, 3.63) is 156 Å². The van der Waals surface area contributed by atoms with Gasteiger partial charge in [-0.25, -0.2) is 15.0 Å². The molecule has 50 heavy (non-hydrogen) atoms. The highest BCUT2D eigenvalue weighted by Gasteiger charge is 2.45. The van der Waals surface area contributed by atoms with Gasteiger partial charge in [0.15, 0.2) is 17.5 Å². The summed E-state index contributed by atoms with van der Waals surface area (Å²) in [4.78, 5) is 19.3. The minimum Gasteiger partial charge on any atom is -0.264 e. The summed E-state index contributed by atoms with van der Waals surface area (Å²) < 4.78 is 0. The van der Waals surface area contributed by atoms with Crippen molar-refractivity contribution in [1.29, 1.82) is 5.26 Å². The second-order valence-electron chi connectivity index (χ2n) is 13.3. The number of benzene rings is 5. The highest BCUT2D eigenvalue weighted by Crippen LogP contribution is 2.57. The third-order valence-electron chi connectivity index (χ3n) is 10.5. The minimum absolute atomic E-state index is 0.108. The molecule has 0 aliphatic heterocycles. The Bertz CT molecular complexity index is 2400. The Balaban J connectivity index is 1.13. The van der Waals surface area contributed by atoms with E-state index in [2.05, 4.69) is 89.9 Å². The molecule has 0 N–H and O–H groups in total. The predicted molar refractivity (Wildman–Crippen MR) is 199 cm³/mol. The van der Waals surface area contributed by atoms with Crippen molar-refractivity contribution in [2.45, 2.75) is 37.5 Å². The Hall–Kier alpha value is -6.25. The van der Waals surface area contributed by atoms with E-state index in [1.807, 2.05) is 54.7 Å². The van der Waals surface area contributed by atoms with Gasteiger partial charge in [-0.3, -0.25) is 4.98 Å². The molecule has 7 aromatic rings. The molecule has 2 heterocycles. The van der Waals surface area contributed by atoms with Gasteiger partial charge in [0.1, 0.15) is 0 Å². The van der Waals surface area contributed by atoms with Crippen LogP contribution in [-0.2, 0) is 5.41 Å². The van der Waals surface area contributed by atoms with E-state index in [-0.39, 0.29) is 5.41 Å². The van der Waals surface area contributed by atoms with Gasteiger partial charge in [-0.2, -0.15) is 5.26 Å². The van der Waals surface area contributed by atoms with Gasteiger partial charge in [-0.1, -0.05) is 122 Å². The molecule has 9 rings (SSSR count). The van der Waals surface area contributed by atoms with Crippen LogP contribution in [0.5, 0.6) is 0 Å². The van der Waals surface area contributed by atoms with Crippen molar-refractivity contribution >= 4 is 0 Å². The molecule has 0 radical (unpaired) electrons. The van der Waals surface area contributed by atoms with Gasteiger partial charge >= 0.3 is 0 Å². The van der Waals surface area contributed by atoms with Gasteiger partial charge in [0.25, 0.3) is 0 Å². The highest BCUT2D eigenvalue weighted by atomic mass is 15.0. The second kappa shape index (κ2) is 12.3. The topological polar surface area (TPSA) is 75.3 Å². The zero-order valence-electron chi connectivity index (χ0n) is 27.6. The van der Waals surface area contributed by atoms with Gasteiger partial charge in [-0.15, -0.1) is 0 Å². The summed E-state index contributed by atoms with van der Waals surface area (Å²) in [5.74, 6) is 1.89. The molecule has 0 unspecified atom stereocenters. The third-order valence-corrected chi connectivity index (χ3v) is 10.5. The van der Waals surface area contributed by atoms with Crippen LogP contribution in [0, 0.1) is 11.3 Å². The lowest BCUT2D eigenvalue weighted by Crippen LogP contribution is -2.29. The summed E-state index contributed by atoms with van der Waals surface area (Å²) in [5.41, 5.74) is 13.0. The fourth-order valence-corrected chi connectivity index (χ4v) is 8.08. The van der Waals surface area contributed by atoms with Crippen molar-refractivity contribution in [2.24, 2.45) is 0 Å². The van der Waals surface area contributed by atoms with Crippen LogP contribution in [0.2, 0.25) is 0 Å². The maximum atomic E-state index is 10.1. The Morgan fingerprint density at radius 1 is 0.500 bits per heavy atom. The molecular weight excluding hydrogens is 611 g/mol. The third kappa shape index (κ3) is 5.09. The lowest BCUT2D eigenvalue weighted by atomic mass is 9.66. The van der Waals surface area contributed by atoms with Crippen molar-refractivity contribution in [1.82, 2.24) is 19.9 Å². The van der Waals surface area contributed by atoms with E-state index in [1.165, 1.54) is 41.5 Å². The first-order valence-corrected chi connectivity index (χ1v) is 17.3. The van der Waals surface area contributed by atoms with Crippen molar-refractivity contribution in [3.63, 3.8) is 0 Å². The van der Waals surface area contributed by atoms with Crippen molar-refractivity contribution in [3.8, 4) is 73.6 Å². The summed E-state index contributed by atoms with van der Waals surface area (Å²) in [6.07, 6.45) is 9.41. The SMILES string of the molecule is N#Cc1cccc2c1C1(CCCCC1)c1cc(-c3cccc(-c4nc(-c5ccccc5)nc(-c5ccc(-c6cccnc6)cc5)n4)c3)ccc1-2. The fraction of sp³-hybridized carbons (Fsp3) is 0.133. The number of pyridine rings is 1. The van der Waals surface area contributed by atoms with Crippen LogP contribution >= 0.6 is 0 Å². The number of rotatable bonds is 5. The number of aromatic nitrogens is 4. The van der Waals surface area contributed by atoms with E-state index in [4.69, 9.17) is 15.0 Å². The number of hydrogen-bond acceptors (Lipinski definition) is 5. The predicted octanol–water partition coefficient (Wildman–Crippen LogP) is 10.7. The van der Waals surface area contributed by atoms with Gasteiger partial charge in [0, 0.05) is 34.5 Å². The molecule has 5 aromatic carbocycles. The molecule has 0 amide bonds. The minimum atomic E-state index is -0.108. The first kappa shape index (κ1) is 29.9. The molecule has 238 valence electrons. The monoisotopic (exact) mass is 643 g/mol. The molecule has 2 aliphatic carbocycles. The van der Waals surface area contributed by atoms with E-state index >= 15 is 0 Å². The first-order chi connectivity index (χ1) is 24.7. The van der Waals surface area contributed by atoms with Crippen LogP contribution in [-0.4, -0.2) is 19.9 Å². The van der Waals surface area contributed by atoms with Crippen LogP contribution in [0.4, 0.5) is 0 Å². The Labute approximate surface area is 292 Å².